The fourth-order valence-electron chi connectivity index (χ4n) is 4.96. The number of aliphatic hydroxyl groups excluding tert-OH is 1. The number of hydrogen-bond donors (Lipinski definition) is 2. The normalized spacial score (nSPS) is 18.0. The molecule has 8 nitrogen and oxygen atoms in total. The van der Waals surface area contributed by atoms with Crippen molar-refractivity contribution in [3.05, 3.63) is 89.5 Å². The smallest absolute Gasteiger partial charge is 0.416 e. The number of aliphatic hydroxyl groups is 1. The maximum Gasteiger partial charge on any atom is 0.416 e. The molecule has 4 rings (SSSR count). The summed E-state index contributed by atoms with van der Waals surface area (Å²) in [5.41, 5.74) is 1.02. The van der Waals surface area contributed by atoms with Gasteiger partial charge in [-0.2, -0.15) is 13.2 Å². The van der Waals surface area contributed by atoms with E-state index in [0.29, 0.717) is 43.1 Å². The van der Waals surface area contributed by atoms with Crippen LogP contribution in [0.3, 0.4) is 0 Å². The lowest BCUT2D eigenvalue weighted by molar-refractivity contribution is -0.137. The maximum atomic E-state index is 13.0. The number of nitrogens with zero attached hydrogens (tertiary/aromatic N) is 1. The number of amides is 1. The van der Waals surface area contributed by atoms with Gasteiger partial charge < -0.3 is 24.8 Å². The van der Waals surface area contributed by atoms with Gasteiger partial charge in [0.15, 0.2) is 9.84 Å². The van der Waals surface area contributed by atoms with Crippen LogP contribution in [0.1, 0.15) is 47.8 Å². The van der Waals surface area contributed by atoms with Crippen LogP contribution in [0.15, 0.2) is 77.7 Å². The highest BCUT2D eigenvalue weighted by Gasteiger charge is 2.34. The Morgan fingerprint density at radius 3 is 2.23 bits per heavy atom. The lowest BCUT2D eigenvalue weighted by atomic mass is 10.1. The van der Waals surface area contributed by atoms with E-state index in [9.17, 15) is 31.5 Å². The fraction of sp³-hybridized carbons (Fsp3) is 0.387. The molecule has 1 aliphatic heterocycles. The van der Waals surface area contributed by atoms with Crippen LogP contribution in [0.5, 0.6) is 5.75 Å². The predicted octanol–water partition coefficient (Wildman–Crippen LogP) is 5.03. The van der Waals surface area contributed by atoms with E-state index in [4.69, 9.17) is 9.47 Å². The monoisotopic (exact) mass is 620 g/mol. The van der Waals surface area contributed by atoms with Gasteiger partial charge in [-0.15, -0.1) is 0 Å². The standard InChI is InChI=1S/C31H35F3N2O6S/c1-3-41-20-25-17-27(42-26-13-9-23(10-14-26)31(32,33)34)18-36(25)24-11-5-22(6-12-24)30(38)35-29(19-37)21-7-15-28(16-8-21)43(39,40)4-2/h5-16,25,27,29,37H,3-4,17-20H2,1-2H3,(H,35,38)/t25-,27+,29-/m0/s1. The molecule has 0 bridgehead atoms. The third-order valence-corrected chi connectivity index (χ3v) is 9.10. The van der Waals surface area contributed by atoms with E-state index in [1.807, 2.05) is 6.92 Å². The Morgan fingerprint density at radius 2 is 1.67 bits per heavy atom. The first-order valence-corrected chi connectivity index (χ1v) is 15.6. The zero-order valence-corrected chi connectivity index (χ0v) is 24.7. The second-order valence-corrected chi connectivity index (χ2v) is 12.5. The number of halogens is 3. The number of alkyl halides is 3. The van der Waals surface area contributed by atoms with Gasteiger partial charge in [0.25, 0.3) is 5.91 Å². The Labute approximate surface area is 249 Å². The molecule has 1 fully saturated rings. The number of benzene rings is 3. The van der Waals surface area contributed by atoms with Gasteiger partial charge in [-0.1, -0.05) is 19.1 Å². The molecule has 1 heterocycles. The molecular formula is C31H35F3N2O6S. The van der Waals surface area contributed by atoms with Crippen LogP contribution in [0, 0.1) is 0 Å². The molecule has 43 heavy (non-hydrogen) atoms. The Bertz CT molecular complexity index is 1460. The molecule has 1 saturated heterocycles. The van der Waals surface area contributed by atoms with Crippen molar-refractivity contribution in [2.24, 2.45) is 0 Å². The number of hydrogen-bond acceptors (Lipinski definition) is 7. The van der Waals surface area contributed by atoms with Crippen LogP contribution in [-0.2, 0) is 20.8 Å². The Balaban J connectivity index is 1.42. The van der Waals surface area contributed by atoms with Crippen molar-refractivity contribution in [2.75, 3.05) is 37.0 Å². The minimum Gasteiger partial charge on any atom is -0.489 e. The van der Waals surface area contributed by atoms with E-state index in [2.05, 4.69) is 10.2 Å². The van der Waals surface area contributed by atoms with Gasteiger partial charge in [0.2, 0.25) is 0 Å². The van der Waals surface area contributed by atoms with Crippen LogP contribution in [0.2, 0.25) is 0 Å². The van der Waals surface area contributed by atoms with Gasteiger partial charge >= 0.3 is 6.18 Å². The summed E-state index contributed by atoms with van der Waals surface area (Å²) in [4.78, 5) is 15.3. The van der Waals surface area contributed by atoms with Crippen molar-refractivity contribution >= 4 is 21.4 Å². The molecule has 232 valence electrons. The highest BCUT2D eigenvalue weighted by Crippen LogP contribution is 2.32. The molecule has 0 unspecified atom stereocenters. The first kappa shape index (κ1) is 32.3. The van der Waals surface area contributed by atoms with Crippen molar-refractivity contribution in [3.63, 3.8) is 0 Å². The number of sulfone groups is 1. The first-order valence-electron chi connectivity index (χ1n) is 14.0. The first-order chi connectivity index (χ1) is 20.4. The molecule has 0 aliphatic carbocycles. The second kappa shape index (κ2) is 13.8. The highest BCUT2D eigenvalue weighted by molar-refractivity contribution is 7.91. The third kappa shape index (κ3) is 8.07. The van der Waals surface area contributed by atoms with Crippen molar-refractivity contribution in [1.29, 1.82) is 0 Å². The molecule has 3 atom stereocenters. The van der Waals surface area contributed by atoms with Crippen LogP contribution in [0.25, 0.3) is 0 Å². The van der Waals surface area contributed by atoms with E-state index in [-0.39, 0.29) is 29.4 Å². The molecule has 0 aromatic heterocycles. The summed E-state index contributed by atoms with van der Waals surface area (Å²) in [6.45, 7) is 4.50. The molecule has 0 radical (unpaired) electrons. The Morgan fingerprint density at radius 1 is 1.02 bits per heavy atom. The summed E-state index contributed by atoms with van der Waals surface area (Å²) in [5.74, 6) is -0.0900. The van der Waals surface area contributed by atoms with Gasteiger partial charge in [0, 0.05) is 24.3 Å². The highest BCUT2D eigenvalue weighted by atomic mass is 32.2. The van der Waals surface area contributed by atoms with Crippen molar-refractivity contribution < 1.29 is 41.0 Å². The molecule has 12 heteroatoms. The van der Waals surface area contributed by atoms with E-state index < -0.39 is 33.5 Å². The number of rotatable bonds is 12. The lowest BCUT2D eigenvalue weighted by Crippen LogP contribution is -2.34. The van der Waals surface area contributed by atoms with Gasteiger partial charge in [0.1, 0.15) is 11.9 Å². The number of nitrogens with one attached hydrogen (secondary N) is 1. The average Bonchev–Trinajstić information content (AvgIpc) is 3.40. The number of anilines is 1. The van der Waals surface area contributed by atoms with Crippen LogP contribution in [0.4, 0.5) is 18.9 Å². The van der Waals surface area contributed by atoms with Crippen molar-refractivity contribution in [1.82, 2.24) is 5.32 Å². The quantitative estimate of drug-likeness (QED) is 0.293. The van der Waals surface area contributed by atoms with E-state index in [1.165, 1.54) is 24.3 Å². The SMILES string of the molecule is CCOC[C@@H]1C[C@@H](Oc2ccc(C(F)(F)F)cc2)CN1c1ccc(C(=O)N[C@@H](CO)c2ccc(S(=O)(=O)CC)cc2)cc1. The third-order valence-electron chi connectivity index (χ3n) is 7.35. The maximum absolute atomic E-state index is 13.0. The molecular weight excluding hydrogens is 585 g/mol. The van der Waals surface area contributed by atoms with Crippen LogP contribution in [-0.4, -0.2) is 63.7 Å². The summed E-state index contributed by atoms with van der Waals surface area (Å²) in [6.07, 6.45) is -4.10. The van der Waals surface area contributed by atoms with Crippen LogP contribution >= 0.6 is 0 Å². The van der Waals surface area contributed by atoms with Crippen molar-refractivity contribution in [2.45, 2.75) is 49.5 Å². The van der Waals surface area contributed by atoms with Gasteiger partial charge in [-0.25, -0.2) is 8.42 Å². The summed E-state index contributed by atoms with van der Waals surface area (Å²) in [7, 11) is -3.37. The number of carbonyl (C=O) groups excluding carboxylic acids is 1. The van der Waals surface area contributed by atoms with Crippen molar-refractivity contribution in [3.8, 4) is 5.75 Å². The number of ether oxygens (including phenoxy) is 2. The minimum absolute atomic E-state index is 0.0286. The minimum atomic E-state index is -4.42. The Kier molecular flexibility index (Phi) is 10.4. The predicted molar refractivity (Wildman–Crippen MR) is 156 cm³/mol. The summed E-state index contributed by atoms with van der Waals surface area (Å²) < 4.78 is 74.6. The molecule has 0 saturated carbocycles. The topological polar surface area (TPSA) is 105 Å². The van der Waals surface area contributed by atoms with E-state index >= 15 is 0 Å². The molecule has 3 aromatic rings. The van der Waals surface area contributed by atoms with Crippen LogP contribution < -0.4 is 15.0 Å². The zero-order chi connectivity index (χ0) is 31.2. The zero-order valence-electron chi connectivity index (χ0n) is 23.9. The van der Waals surface area contributed by atoms with Gasteiger partial charge in [-0.3, -0.25) is 4.79 Å². The molecule has 1 aliphatic rings. The number of carbonyl (C=O) groups is 1. The lowest BCUT2D eigenvalue weighted by Gasteiger charge is -2.26. The summed E-state index contributed by atoms with van der Waals surface area (Å²) in [5, 5.41) is 12.7. The van der Waals surface area contributed by atoms with E-state index in [0.717, 1.165) is 17.8 Å². The fourth-order valence-corrected chi connectivity index (χ4v) is 5.84. The second-order valence-electron chi connectivity index (χ2n) is 10.2. The summed E-state index contributed by atoms with van der Waals surface area (Å²) >= 11 is 0. The molecule has 3 aromatic carbocycles. The molecule has 0 spiro atoms. The molecule has 2 N–H and O–H groups in total. The largest absolute Gasteiger partial charge is 0.489 e. The molecule has 1 amide bonds. The summed E-state index contributed by atoms with van der Waals surface area (Å²) in [6, 6.07) is 16.8. The van der Waals surface area contributed by atoms with E-state index in [1.54, 1.807) is 43.3 Å². The van der Waals surface area contributed by atoms with Gasteiger partial charge in [0.05, 0.1) is 48.1 Å². The van der Waals surface area contributed by atoms with Gasteiger partial charge in [-0.05, 0) is 73.2 Å². The average molecular weight is 621 g/mol. The Hall–Kier alpha value is -3.61.